The van der Waals surface area contributed by atoms with Crippen LogP contribution in [0.4, 0.5) is 0 Å². The van der Waals surface area contributed by atoms with Gasteiger partial charge in [0.1, 0.15) is 7.05 Å². The van der Waals surface area contributed by atoms with Crippen molar-refractivity contribution in [3.05, 3.63) is 41.3 Å². The van der Waals surface area contributed by atoms with Gasteiger partial charge in [-0.05, 0) is 37.8 Å². The van der Waals surface area contributed by atoms with E-state index in [1.54, 1.807) is 44.2 Å². The molecule has 0 unspecified atom stereocenters. The van der Waals surface area contributed by atoms with Gasteiger partial charge in [-0.3, -0.25) is 14.8 Å². The zero-order valence-electron chi connectivity index (χ0n) is 18.0. The maximum atomic E-state index is 13.1. The average Bonchev–Trinajstić information content (AvgIpc) is 3.33. The van der Waals surface area contributed by atoms with Gasteiger partial charge in [0, 0.05) is 31.1 Å². The lowest BCUT2D eigenvalue weighted by Gasteiger charge is -2.29. The summed E-state index contributed by atoms with van der Waals surface area (Å²) >= 11 is 1.48. The molecule has 0 saturated heterocycles. The number of ether oxygens (including phenoxy) is 2. The van der Waals surface area contributed by atoms with Crippen molar-refractivity contribution in [2.24, 2.45) is 5.73 Å². The SMILES string of the molecule is C[NH+]=C/C(=C\N)c1cc(C(=O)NC2CCC(OCCOC)CC2)cc(-c2cncs2)n1. The van der Waals surface area contributed by atoms with Crippen LogP contribution < -0.4 is 16.0 Å². The number of nitrogens with one attached hydrogen (secondary N) is 2. The van der Waals surface area contributed by atoms with Gasteiger partial charge < -0.3 is 20.5 Å². The molecule has 8 nitrogen and oxygen atoms in total. The molecule has 2 aromatic rings. The highest BCUT2D eigenvalue weighted by atomic mass is 32.1. The van der Waals surface area contributed by atoms with Gasteiger partial charge >= 0.3 is 0 Å². The van der Waals surface area contributed by atoms with Crippen molar-refractivity contribution >= 4 is 29.0 Å². The van der Waals surface area contributed by atoms with Crippen molar-refractivity contribution in [3.8, 4) is 10.6 Å². The zero-order valence-corrected chi connectivity index (χ0v) is 18.8. The topological polar surface area (TPSA) is 113 Å². The van der Waals surface area contributed by atoms with Crippen LogP contribution in [0.15, 0.2) is 30.0 Å². The minimum absolute atomic E-state index is 0.112. The Balaban J connectivity index is 1.72. The van der Waals surface area contributed by atoms with E-state index in [4.69, 9.17) is 15.2 Å². The number of methoxy groups -OCH3 is 1. The maximum absolute atomic E-state index is 13.1. The average molecular weight is 445 g/mol. The van der Waals surface area contributed by atoms with Crippen LogP contribution in [0.3, 0.4) is 0 Å². The molecule has 1 aliphatic carbocycles. The van der Waals surface area contributed by atoms with Gasteiger partial charge in [-0.25, -0.2) is 4.98 Å². The summed E-state index contributed by atoms with van der Waals surface area (Å²) in [5, 5.41) is 3.18. The van der Waals surface area contributed by atoms with Crippen LogP contribution in [0.25, 0.3) is 16.1 Å². The standard InChI is InChI=1S/C22H29N5O3S/c1-24-12-16(11-23)19-9-15(10-20(27-19)21-13-25-14-31-21)22(28)26-17-3-5-18(6-4-17)30-8-7-29-2/h9-14,17-18H,3-8,23H2,1-2H3,(H,26,28)/p+1/b16-11+,24-12?. The Kier molecular flexibility index (Phi) is 8.69. The summed E-state index contributed by atoms with van der Waals surface area (Å²) < 4.78 is 10.9. The number of nitrogens with two attached hydrogens (primary N) is 1. The minimum Gasteiger partial charge on any atom is -0.404 e. The Morgan fingerprint density at radius 3 is 2.77 bits per heavy atom. The molecule has 1 aliphatic rings. The third-order valence-electron chi connectivity index (χ3n) is 5.20. The highest BCUT2D eigenvalue weighted by molar-refractivity contribution is 7.13. The first-order valence-electron chi connectivity index (χ1n) is 10.4. The van der Waals surface area contributed by atoms with E-state index < -0.39 is 0 Å². The summed E-state index contributed by atoms with van der Waals surface area (Å²) in [5.74, 6) is -0.112. The number of carbonyl (C=O) groups excluding carboxylic acids is 1. The number of pyridine rings is 1. The predicted octanol–water partition coefficient (Wildman–Crippen LogP) is 0.990. The number of thiazole rings is 1. The second kappa shape index (κ2) is 11.7. The van der Waals surface area contributed by atoms with Gasteiger partial charge in [0.15, 0.2) is 6.21 Å². The molecule has 4 N–H and O–H groups in total. The first kappa shape index (κ1) is 23.1. The molecule has 166 valence electrons. The van der Waals surface area contributed by atoms with Gasteiger partial charge in [0.05, 0.1) is 46.7 Å². The molecular weight excluding hydrogens is 414 g/mol. The van der Waals surface area contributed by atoms with Crippen LogP contribution in [0.1, 0.15) is 41.7 Å². The van der Waals surface area contributed by atoms with E-state index in [9.17, 15) is 4.79 Å². The van der Waals surface area contributed by atoms with Crippen LogP contribution in [-0.4, -0.2) is 61.6 Å². The second-order valence-electron chi connectivity index (χ2n) is 7.36. The highest BCUT2D eigenvalue weighted by Gasteiger charge is 2.24. The van der Waals surface area contributed by atoms with Gasteiger partial charge in [-0.15, -0.1) is 11.3 Å². The molecule has 2 aromatic heterocycles. The van der Waals surface area contributed by atoms with Crippen molar-refractivity contribution in [2.45, 2.75) is 37.8 Å². The van der Waals surface area contributed by atoms with Gasteiger partial charge in [-0.1, -0.05) is 0 Å². The van der Waals surface area contributed by atoms with Gasteiger partial charge in [0.25, 0.3) is 5.91 Å². The van der Waals surface area contributed by atoms with Crippen molar-refractivity contribution in [1.82, 2.24) is 15.3 Å². The number of hydrogen-bond acceptors (Lipinski definition) is 7. The Morgan fingerprint density at radius 2 is 2.13 bits per heavy atom. The van der Waals surface area contributed by atoms with E-state index in [1.807, 2.05) is 0 Å². The molecule has 0 bridgehead atoms. The summed E-state index contributed by atoms with van der Waals surface area (Å²) in [4.78, 5) is 25.7. The first-order chi connectivity index (χ1) is 15.1. The van der Waals surface area contributed by atoms with Crippen molar-refractivity contribution in [2.75, 3.05) is 27.4 Å². The molecule has 3 rings (SSSR count). The van der Waals surface area contributed by atoms with E-state index in [0.717, 1.165) is 30.6 Å². The molecule has 1 saturated carbocycles. The number of amides is 1. The molecule has 0 radical (unpaired) electrons. The smallest absolute Gasteiger partial charge is 0.251 e. The third-order valence-corrected chi connectivity index (χ3v) is 5.99. The number of rotatable bonds is 9. The Hall–Kier alpha value is -2.62. The first-order valence-corrected chi connectivity index (χ1v) is 11.3. The van der Waals surface area contributed by atoms with Crippen LogP contribution in [-0.2, 0) is 9.47 Å². The Morgan fingerprint density at radius 1 is 1.32 bits per heavy atom. The molecule has 0 aliphatic heterocycles. The summed E-state index contributed by atoms with van der Waals surface area (Å²) in [5.41, 5.74) is 10.1. The summed E-state index contributed by atoms with van der Waals surface area (Å²) in [6.45, 7) is 1.21. The monoisotopic (exact) mass is 444 g/mol. The molecule has 1 fully saturated rings. The van der Waals surface area contributed by atoms with Crippen LogP contribution >= 0.6 is 11.3 Å². The molecule has 31 heavy (non-hydrogen) atoms. The quantitative estimate of drug-likeness (QED) is 0.393. The maximum Gasteiger partial charge on any atom is 0.251 e. The van der Waals surface area contributed by atoms with E-state index in [0.29, 0.717) is 35.7 Å². The fourth-order valence-corrected chi connectivity index (χ4v) is 4.16. The van der Waals surface area contributed by atoms with Crippen molar-refractivity contribution in [3.63, 3.8) is 0 Å². The van der Waals surface area contributed by atoms with Crippen LogP contribution in [0.5, 0.6) is 0 Å². The minimum atomic E-state index is -0.112. The number of carbonyl (C=O) groups is 1. The zero-order chi connectivity index (χ0) is 22.1. The van der Waals surface area contributed by atoms with Gasteiger partial charge in [-0.2, -0.15) is 0 Å². The summed E-state index contributed by atoms with van der Waals surface area (Å²) in [7, 11) is 3.46. The van der Waals surface area contributed by atoms with E-state index in [-0.39, 0.29) is 18.1 Å². The third kappa shape index (κ3) is 6.43. The van der Waals surface area contributed by atoms with Crippen molar-refractivity contribution < 1.29 is 19.3 Å². The molecule has 2 heterocycles. The summed E-state index contributed by atoms with van der Waals surface area (Å²) in [6.07, 6.45) is 8.86. The number of nitrogens with zero attached hydrogens (tertiary/aromatic N) is 2. The van der Waals surface area contributed by atoms with E-state index >= 15 is 0 Å². The number of allylic oxidation sites excluding steroid dienone is 1. The Bertz CT molecular complexity index is 906. The highest BCUT2D eigenvalue weighted by Crippen LogP contribution is 2.26. The molecule has 9 heteroatoms. The molecule has 1 amide bonds. The van der Waals surface area contributed by atoms with Gasteiger partial charge in [0.2, 0.25) is 0 Å². The number of aromatic nitrogens is 2. The largest absolute Gasteiger partial charge is 0.404 e. The fraction of sp³-hybridized carbons (Fsp3) is 0.455. The number of hydrogen-bond donors (Lipinski definition) is 3. The summed E-state index contributed by atoms with van der Waals surface area (Å²) in [6, 6.07) is 3.71. The lowest BCUT2D eigenvalue weighted by Crippen LogP contribution is -2.63. The molecule has 0 atom stereocenters. The van der Waals surface area contributed by atoms with E-state index in [2.05, 4.69) is 20.3 Å². The lowest BCUT2D eigenvalue weighted by molar-refractivity contribution is -0.412. The fourth-order valence-electron chi connectivity index (χ4n) is 3.58. The molecule has 0 aromatic carbocycles. The lowest BCUT2D eigenvalue weighted by atomic mass is 9.92. The predicted molar refractivity (Wildman–Crippen MR) is 122 cm³/mol. The molecular formula is C22H30N5O3S+. The second-order valence-corrected chi connectivity index (χ2v) is 8.24. The van der Waals surface area contributed by atoms with Crippen molar-refractivity contribution in [1.29, 1.82) is 0 Å². The van der Waals surface area contributed by atoms with E-state index in [1.165, 1.54) is 17.5 Å². The molecule has 0 spiro atoms. The van der Waals surface area contributed by atoms with Crippen LogP contribution in [0, 0.1) is 0 Å². The Labute approximate surface area is 186 Å². The normalized spacial score (nSPS) is 19.6. The van der Waals surface area contributed by atoms with Crippen LogP contribution in [0.2, 0.25) is 0 Å².